The van der Waals surface area contributed by atoms with Gasteiger partial charge in [-0.3, -0.25) is 14.9 Å². The topological polar surface area (TPSA) is 99.1 Å². The molecule has 0 spiro atoms. The number of hydrogen-bond acceptors (Lipinski definition) is 6. The van der Waals surface area contributed by atoms with Crippen molar-refractivity contribution in [3.8, 4) is 0 Å². The quantitative estimate of drug-likeness (QED) is 0.593. The maximum Gasteiger partial charge on any atom is 0.300 e. The molecule has 0 aliphatic rings. The van der Waals surface area contributed by atoms with Crippen molar-refractivity contribution in [2.45, 2.75) is 26.2 Å². The van der Waals surface area contributed by atoms with Gasteiger partial charge in [0.2, 0.25) is 5.52 Å². The SMILES string of the molecule is CCCC(=O)Cc1ccc([N+](=O)[O-])c2nonc12. The molecule has 1 aromatic heterocycles. The largest absolute Gasteiger partial charge is 0.300 e. The highest BCUT2D eigenvalue weighted by atomic mass is 16.6. The van der Waals surface area contributed by atoms with Crippen molar-refractivity contribution in [3.05, 3.63) is 27.8 Å². The van der Waals surface area contributed by atoms with E-state index in [1.54, 1.807) is 0 Å². The lowest BCUT2D eigenvalue weighted by atomic mass is 10.0. The lowest BCUT2D eigenvalue weighted by Crippen LogP contribution is -2.03. The van der Waals surface area contributed by atoms with Crippen LogP contribution in [-0.2, 0) is 11.2 Å². The third-order valence-electron chi connectivity index (χ3n) is 2.59. The van der Waals surface area contributed by atoms with Gasteiger partial charge in [0.1, 0.15) is 11.3 Å². The van der Waals surface area contributed by atoms with Gasteiger partial charge in [0.25, 0.3) is 0 Å². The highest BCUT2D eigenvalue weighted by Gasteiger charge is 2.20. The molecule has 1 heterocycles. The lowest BCUT2D eigenvalue weighted by Gasteiger charge is -2.00. The van der Waals surface area contributed by atoms with Crippen molar-refractivity contribution in [1.82, 2.24) is 10.3 Å². The molecule has 0 unspecified atom stereocenters. The molecule has 0 aliphatic heterocycles. The van der Waals surface area contributed by atoms with E-state index >= 15 is 0 Å². The van der Waals surface area contributed by atoms with Crippen molar-refractivity contribution in [1.29, 1.82) is 0 Å². The van der Waals surface area contributed by atoms with Gasteiger partial charge >= 0.3 is 5.69 Å². The van der Waals surface area contributed by atoms with Gasteiger partial charge < -0.3 is 0 Å². The van der Waals surface area contributed by atoms with Gasteiger partial charge in [0.05, 0.1) is 4.92 Å². The van der Waals surface area contributed by atoms with Crippen molar-refractivity contribution in [3.63, 3.8) is 0 Å². The third kappa shape index (κ3) is 2.20. The molecule has 0 N–H and O–H groups in total. The number of carbonyl (C=O) groups excluding carboxylic acids is 1. The second-order valence-corrected chi connectivity index (χ2v) is 3.93. The zero-order valence-electron chi connectivity index (χ0n) is 9.75. The zero-order valence-corrected chi connectivity index (χ0v) is 9.75. The summed E-state index contributed by atoms with van der Waals surface area (Å²) in [7, 11) is 0. The van der Waals surface area contributed by atoms with Crippen LogP contribution in [0.2, 0.25) is 0 Å². The number of nitrogens with zero attached hydrogens (tertiary/aromatic N) is 3. The number of non-ortho nitro benzene ring substituents is 1. The van der Waals surface area contributed by atoms with Crippen LogP contribution in [0.4, 0.5) is 5.69 Å². The molecular formula is C11H11N3O4. The van der Waals surface area contributed by atoms with Gasteiger partial charge in [-0.05, 0) is 28.4 Å². The minimum atomic E-state index is -0.551. The summed E-state index contributed by atoms with van der Waals surface area (Å²) in [6.07, 6.45) is 1.44. The predicted molar refractivity (Wildman–Crippen MR) is 62.1 cm³/mol. The summed E-state index contributed by atoms with van der Waals surface area (Å²) in [5.41, 5.74) is 0.809. The summed E-state index contributed by atoms with van der Waals surface area (Å²) in [4.78, 5) is 21.8. The number of rotatable bonds is 5. The normalized spacial score (nSPS) is 10.7. The summed E-state index contributed by atoms with van der Waals surface area (Å²) in [5.74, 6) is 0.0654. The number of nitro groups is 1. The maximum absolute atomic E-state index is 11.6. The van der Waals surface area contributed by atoms with Crippen molar-refractivity contribution in [2.24, 2.45) is 0 Å². The molecule has 18 heavy (non-hydrogen) atoms. The molecule has 7 heteroatoms. The molecule has 2 rings (SSSR count). The van der Waals surface area contributed by atoms with Crippen LogP contribution in [-0.4, -0.2) is 21.0 Å². The Balaban J connectivity index is 2.42. The lowest BCUT2D eigenvalue weighted by molar-refractivity contribution is -0.383. The Labute approximate surface area is 102 Å². The van der Waals surface area contributed by atoms with Gasteiger partial charge in [-0.2, -0.15) is 0 Å². The van der Waals surface area contributed by atoms with Crippen molar-refractivity contribution in [2.75, 3.05) is 0 Å². The standard InChI is InChI=1S/C11H11N3O4/c1-2-3-8(15)6-7-4-5-9(14(16)17)11-10(7)12-18-13-11/h4-5H,2-3,6H2,1H3. The fourth-order valence-corrected chi connectivity index (χ4v) is 1.77. The first-order valence-corrected chi connectivity index (χ1v) is 5.53. The van der Waals surface area contributed by atoms with Crippen LogP contribution in [0.5, 0.6) is 0 Å². The van der Waals surface area contributed by atoms with Crippen LogP contribution in [0.15, 0.2) is 16.8 Å². The Morgan fingerprint density at radius 3 is 2.78 bits per heavy atom. The molecule has 0 aliphatic carbocycles. The zero-order chi connectivity index (χ0) is 13.1. The number of carbonyl (C=O) groups is 1. The van der Waals surface area contributed by atoms with E-state index in [-0.39, 0.29) is 28.9 Å². The summed E-state index contributed by atoms with van der Waals surface area (Å²) in [6.45, 7) is 1.92. The van der Waals surface area contributed by atoms with E-state index in [0.717, 1.165) is 6.42 Å². The minimum Gasteiger partial charge on any atom is -0.299 e. The van der Waals surface area contributed by atoms with Crippen LogP contribution in [0.25, 0.3) is 11.0 Å². The predicted octanol–water partition coefficient (Wildman–Crippen LogP) is 2.04. The Morgan fingerprint density at radius 2 is 2.11 bits per heavy atom. The number of nitro benzene ring substituents is 1. The second-order valence-electron chi connectivity index (χ2n) is 3.93. The number of benzene rings is 1. The fourth-order valence-electron chi connectivity index (χ4n) is 1.77. The van der Waals surface area contributed by atoms with E-state index < -0.39 is 4.92 Å². The van der Waals surface area contributed by atoms with Crippen molar-refractivity contribution >= 4 is 22.5 Å². The molecule has 0 saturated heterocycles. The highest BCUT2D eigenvalue weighted by molar-refractivity contribution is 5.90. The third-order valence-corrected chi connectivity index (χ3v) is 2.59. The number of hydrogen-bond donors (Lipinski definition) is 0. The van der Waals surface area contributed by atoms with E-state index in [1.807, 2.05) is 6.92 Å². The molecule has 7 nitrogen and oxygen atoms in total. The number of aromatic nitrogens is 2. The molecule has 94 valence electrons. The van der Waals surface area contributed by atoms with E-state index in [0.29, 0.717) is 12.0 Å². The summed E-state index contributed by atoms with van der Waals surface area (Å²) < 4.78 is 4.52. The minimum absolute atomic E-state index is 0.0654. The average Bonchev–Trinajstić information content (AvgIpc) is 2.78. The van der Waals surface area contributed by atoms with Crippen LogP contribution in [0, 0.1) is 10.1 Å². The van der Waals surface area contributed by atoms with E-state index in [4.69, 9.17) is 0 Å². The van der Waals surface area contributed by atoms with Crippen LogP contribution in [0.1, 0.15) is 25.3 Å². The molecule has 0 saturated carbocycles. The Hall–Kier alpha value is -2.31. The first kappa shape index (κ1) is 12.2. The Bertz CT molecular complexity index is 605. The number of fused-ring (bicyclic) bond motifs is 1. The monoisotopic (exact) mass is 249 g/mol. The average molecular weight is 249 g/mol. The van der Waals surface area contributed by atoms with Crippen LogP contribution in [0.3, 0.4) is 0 Å². The molecular weight excluding hydrogens is 238 g/mol. The summed E-state index contributed by atoms with van der Waals surface area (Å²) in [5, 5.41) is 17.9. The van der Waals surface area contributed by atoms with Gasteiger partial charge in [0, 0.05) is 18.9 Å². The maximum atomic E-state index is 11.6. The summed E-state index contributed by atoms with van der Waals surface area (Å²) >= 11 is 0. The highest BCUT2D eigenvalue weighted by Crippen LogP contribution is 2.25. The molecule has 1 aromatic carbocycles. The molecule has 2 aromatic rings. The molecule has 0 fully saturated rings. The van der Waals surface area contributed by atoms with E-state index in [2.05, 4.69) is 14.9 Å². The van der Waals surface area contributed by atoms with Gasteiger partial charge in [-0.1, -0.05) is 6.92 Å². The van der Waals surface area contributed by atoms with E-state index in [9.17, 15) is 14.9 Å². The van der Waals surface area contributed by atoms with E-state index in [1.165, 1.54) is 12.1 Å². The Morgan fingerprint density at radius 1 is 1.39 bits per heavy atom. The van der Waals surface area contributed by atoms with Crippen LogP contribution < -0.4 is 0 Å². The summed E-state index contributed by atoms with van der Waals surface area (Å²) in [6, 6.07) is 2.85. The number of ketones is 1. The van der Waals surface area contributed by atoms with Crippen molar-refractivity contribution < 1.29 is 14.3 Å². The Kier molecular flexibility index (Phi) is 3.31. The molecule has 0 atom stereocenters. The first-order chi connectivity index (χ1) is 8.63. The first-order valence-electron chi connectivity index (χ1n) is 5.53. The number of Topliss-reactive ketones (excluding diaryl/α,β-unsaturated/α-hetero) is 1. The smallest absolute Gasteiger partial charge is 0.299 e. The molecule has 0 radical (unpaired) electrons. The fraction of sp³-hybridized carbons (Fsp3) is 0.364. The van der Waals surface area contributed by atoms with Gasteiger partial charge in [-0.15, -0.1) is 0 Å². The molecule has 0 bridgehead atoms. The van der Waals surface area contributed by atoms with Gasteiger partial charge in [-0.25, -0.2) is 4.63 Å². The van der Waals surface area contributed by atoms with Gasteiger partial charge in [0.15, 0.2) is 0 Å². The molecule has 0 amide bonds. The second kappa shape index (κ2) is 4.91. The van der Waals surface area contributed by atoms with Crippen LogP contribution >= 0.6 is 0 Å².